The van der Waals surface area contributed by atoms with E-state index in [1.54, 1.807) is 4.90 Å². The SMILES string of the molecule is CC1CCC(C(N)=O)CN1C(=O)C(=O)N1CCCNCC1. The van der Waals surface area contributed by atoms with Gasteiger partial charge in [-0.3, -0.25) is 14.4 Å². The Labute approximate surface area is 124 Å². The van der Waals surface area contributed by atoms with Crippen LogP contribution in [0, 0.1) is 5.92 Å². The van der Waals surface area contributed by atoms with Gasteiger partial charge in [-0.1, -0.05) is 0 Å². The van der Waals surface area contributed by atoms with Gasteiger partial charge >= 0.3 is 11.8 Å². The van der Waals surface area contributed by atoms with Crippen LogP contribution in [0.2, 0.25) is 0 Å². The highest BCUT2D eigenvalue weighted by atomic mass is 16.2. The smallest absolute Gasteiger partial charge is 0.312 e. The molecular weight excluding hydrogens is 272 g/mol. The molecule has 2 rings (SSSR count). The first-order chi connectivity index (χ1) is 10.0. The highest BCUT2D eigenvalue weighted by Gasteiger charge is 2.36. The molecule has 0 saturated carbocycles. The van der Waals surface area contributed by atoms with Crippen LogP contribution < -0.4 is 11.1 Å². The summed E-state index contributed by atoms with van der Waals surface area (Å²) in [5, 5.41) is 3.20. The van der Waals surface area contributed by atoms with Gasteiger partial charge in [0.15, 0.2) is 0 Å². The third kappa shape index (κ3) is 3.72. The molecule has 0 aromatic heterocycles. The van der Waals surface area contributed by atoms with Crippen molar-refractivity contribution in [2.45, 2.75) is 32.2 Å². The number of hydrogen-bond donors (Lipinski definition) is 2. The van der Waals surface area contributed by atoms with Gasteiger partial charge in [-0.15, -0.1) is 0 Å². The first-order valence-electron chi connectivity index (χ1n) is 7.60. The van der Waals surface area contributed by atoms with E-state index < -0.39 is 17.7 Å². The zero-order chi connectivity index (χ0) is 15.4. The number of piperidine rings is 1. The van der Waals surface area contributed by atoms with Gasteiger partial charge in [0.1, 0.15) is 0 Å². The van der Waals surface area contributed by atoms with Gasteiger partial charge in [0.25, 0.3) is 0 Å². The van der Waals surface area contributed by atoms with Gasteiger partial charge in [0.2, 0.25) is 5.91 Å². The first kappa shape index (κ1) is 15.8. The van der Waals surface area contributed by atoms with Crippen molar-refractivity contribution in [3.05, 3.63) is 0 Å². The third-order valence-corrected chi connectivity index (χ3v) is 4.36. The van der Waals surface area contributed by atoms with E-state index in [9.17, 15) is 14.4 Å². The van der Waals surface area contributed by atoms with Gasteiger partial charge in [-0.05, 0) is 32.7 Å². The number of likely N-dealkylation sites (tertiary alicyclic amines) is 1. The number of hydrogen-bond acceptors (Lipinski definition) is 4. The van der Waals surface area contributed by atoms with Crippen molar-refractivity contribution in [2.24, 2.45) is 11.7 Å². The van der Waals surface area contributed by atoms with E-state index in [4.69, 9.17) is 5.73 Å². The third-order valence-electron chi connectivity index (χ3n) is 4.36. The van der Waals surface area contributed by atoms with Crippen LogP contribution in [0.4, 0.5) is 0 Å². The highest BCUT2D eigenvalue weighted by molar-refractivity contribution is 6.35. The minimum Gasteiger partial charge on any atom is -0.369 e. The van der Waals surface area contributed by atoms with Crippen LogP contribution in [-0.2, 0) is 14.4 Å². The molecule has 0 aromatic carbocycles. The Morgan fingerprint density at radius 2 is 1.86 bits per heavy atom. The number of amides is 3. The molecule has 2 saturated heterocycles. The zero-order valence-electron chi connectivity index (χ0n) is 12.5. The Bertz CT molecular complexity index is 418. The minimum absolute atomic E-state index is 0.0258. The molecule has 2 heterocycles. The summed E-state index contributed by atoms with van der Waals surface area (Å²) in [4.78, 5) is 39.3. The van der Waals surface area contributed by atoms with Crippen molar-refractivity contribution in [1.82, 2.24) is 15.1 Å². The van der Waals surface area contributed by atoms with Gasteiger partial charge < -0.3 is 20.9 Å². The second-order valence-corrected chi connectivity index (χ2v) is 5.88. The van der Waals surface area contributed by atoms with Gasteiger partial charge in [-0.2, -0.15) is 0 Å². The number of nitrogens with one attached hydrogen (secondary N) is 1. The average Bonchev–Trinajstić information content (AvgIpc) is 2.75. The topological polar surface area (TPSA) is 95.7 Å². The average molecular weight is 296 g/mol. The fourth-order valence-corrected chi connectivity index (χ4v) is 2.93. The van der Waals surface area contributed by atoms with Gasteiger partial charge in [0.05, 0.1) is 5.92 Å². The van der Waals surface area contributed by atoms with E-state index in [1.807, 2.05) is 6.92 Å². The van der Waals surface area contributed by atoms with Gasteiger partial charge in [-0.25, -0.2) is 0 Å². The fraction of sp³-hybridized carbons (Fsp3) is 0.786. The van der Waals surface area contributed by atoms with Crippen LogP contribution in [0.1, 0.15) is 26.2 Å². The molecule has 0 aromatic rings. The molecule has 2 aliphatic rings. The van der Waals surface area contributed by atoms with Crippen molar-refractivity contribution in [3.63, 3.8) is 0 Å². The molecule has 2 fully saturated rings. The molecule has 0 bridgehead atoms. The van der Waals surface area contributed by atoms with E-state index in [0.717, 1.165) is 13.0 Å². The van der Waals surface area contributed by atoms with E-state index in [1.165, 1.54) is 4.90 Å². The fourth-order valence-electron chi connectivity index (χ4n) is 2.93. The molecule has 2 atom stereocenters. The maximum Gasteiger partial charge on any atom is 0.312 e. The maximum atomic E-state index is 12.5. The Morgan fingerprint density at radius 3 is 2.57 bits per heavy atom. The summed E-state index contributed by atoms with van der Waals surface area (Å²) in [5.41, 5.74) is 5.33. The molecule has 118 valence electrons. The Morgan fingerprint density at radius 1 is 1.10 bits per heavy atom. The number of carbonyl (C=O) groups excluding carboxylic acids is 3. The molecule has 3 amide bonds. The second-order valence-electron chi connectivity index (χ2n) is 5.88. The second kappa shape index (κ2) is 6.89. The summed E-state index contributed by atoms with van der Waals surface area (Å²) in [5.74, 6) is -1.71. The number of carbonyl (C=O) groups is 3. The number of primary amides is 1. The minimum atomic E-state index is -0.504. The molecule has 7 heteroatoms. The van der Waals surface area contributed by atoms with Crippen molar-refractivity contribution in [1.29, 1.82) is 0 Å². The summed E-state index contributed by atoms with van der Waals surface area (Å²) in [6, 6.07) is -0.0258. The number of nitrogens with zero attached hydrogens (tertiary/aromatic N) is 2. The molecule has 21 heavy (non-hydrogen) atoms. The molecular formula is C14H24N4O3. The summed E-state index contributed by atoms with van der Waals surface area (Å²) >= 11 is 0. The number of nitrogens with two attached hydrogens (primary N) is 1. The molecule has 2 unspecified atom stereocenters. The van der Waals surface area contributed by atoms with E-state index in [2.05, 4.69) is 5.32 Å². The molecule has 0 aliphatic carbocycles. The molecule has 0 spiro atoms. The Kier molecular flexibility index (Phi) is 5.17. The quantitative estimate of drug-likeness (QED) is 0.602. The molecule has 0 radical (unpaired) electrons. The normalized spacial score (nSPS) is 27.1. The summed E-state index contributed by atoms with van der Waals surface area (Å²) in [6.45, 7) is 4.88. The van der Waals surface area contributed by atoms with E-state index >= 15 is 0 Å². The zero-order valence-corrected chi connectivity index (χ0v) is 12.5. The predicted octanol–water partition coefficient (Wildman–Crippen LogP) is -1.08. The summed E-state index contributed by atoms with van der Waals surface area (Å²) in [7, 11) is 0. The molecule has 2 aliphatic heterocycles. The van der Waals surface area contributed by atoms with Crippen molar-refractivity contribution in [3.8, 4) is 0 Å². The lowest BCUT2D eigenvalue weighted by atomic mass is 9.93. The highest BCUT2D eigenvalue weighted by Crippen LogP contribution is 2.22. The lowest BCUT2D eigenvalue weighted by Gasteiger charge is -2.37. The van der Waals surface area contributed by atoms with Gasteiger partial charge in [0, 0.05) is 32.2 Å². The standard InChI is InChI=1S/C14H24N4O3/c1-10-3-4-11(12(15)19)9-18(10)14(21)13(20)17-7-2-5-16-6-8-17/h10-11,16H,2-9H2,1H3,(H2,15,19). The monoisotopic (exact) mass is 296 g/mol. The van der Waals surface area contributed by atoms with E-state index in [0.29, 0.717) is 32.5 Å². The van der Waals surface area contributed by atoms with E-state index in [-0.39, 0.29) is 18.5 Å². The predicted molar refractivity (Wildman–Crippen MR) is 77.2 cm³/mol. The van der Waals surface area contributed by atoms with Crippen molar-refractivity contribution >= 4 is 17.7 Å². The van der Waals surface area contributed by atoms with Crippen LogP contribution in [0.5, 0.6) is 0 Å². The maximum absolute atomic E-state index is 12.5. The van der Waals surface area contributed by atoms with Crippen LogP contribution in [0.3, 0.4) is 0 Å². The summed E-state index contributed by atoms with van der Waals surface area (Å²) in [6.07, 6.45) is 2.23. The number of rotatable bonds is 1. The summed E-state index contributed by atoms with van der Waals surface area (Å²) < 4.78 is 0. The van der Waals surface area contributed by atoms with Crippen LogP contribution in [-0.4, -0.2) is 66.3 Å². The Hall–Kier alpha value is -1.63. The van der Waals surface area contributed by atoms with Crippen LogP contribution in [0.25, 0.3) is 0 Å². The van der Waals surface area contributed by atoms with Crippen LogP contribution >= 0.6 is 0 Å². The largest absolute Gasteiger partial charge is 0.369 e. The molecule has 7 nitrogen and oxygen atoms in total. The van der Waals surface area contributed by atoms with Crippen molar-refractivity contribution in [2.75, 3.05) is 32.7 Å². The van der Waals surface area contributed by atoms with Crippen LogP contribution in [0.15, 0.2) is 0 Å². The lowest BCUT2D eigenvalue weighted by molar-refractivity contribution is -0.155. The Balaban J connectivity index is 2.02. The molecule has 3 N–H and O–H groups in total. The lowest BCUT2D eigenvalue weighted by Crippen LogP contribution is -2.54. The first-order valence-corrected chi connectivity index (χ1v) is 7.60. The van der Waals surface area contributed by atoms with Crippen molar-refractivity contribution < 1.29 is 14.4 Å².